The molecule has 3 rings (SSSR count). The molecule has 1 aromatic heterocycles. The van der Waals surface area contributed by atoms with Crippen LogP contribution in [0.15, 0.2) is 30.5 Å². The summed E-state index contributed by atoms with van der Waals surface area (Å²) in [6.45, 7) is 6.56. The number of fused-ring (bicyclic) bond motifs is 1. The van der Waals surface area contributed by atoms with Crippen molar-refractivity contribution in [3.63, 3.8) is 0 Å². The van der Waals surface area contributed by atoms with Crippen LogP contribution in [-0.4, -0.2) is 42.6 Å². The van der Waals surface area contributed by atoms with Gasteiger partial charge < -0.3 is 10.6 Å². The van der Waals surface area contributed by atoms with Gasteiger partial charge in [-0.2, -0.15) is 0 Å². The number of hydrogen-bond donors (Lipinski definition) is 2. The zero-order chi connectivity index (χ0) is 13.9. The Kier molecular flexibility index (Phi) is 3.85. The van der Waals surface area contributed by atoms with E-state index in [0.29, 0.717) is 6.04 Å². The molecule has 0 spiro atoms. The molecule has 2 aromatic rings. The zero-order valence-electron chi connectivity index (χ0n) is 12.2. The highest BCUT2D eigenvalue weighted by atomic mass is 15.2. The van der Waals surface area contributed by atoms with Gasteiger partial charge in [-0.05, 0) is 24.6 Å². The van der Waals surface area contributed by atoms with Crippen molar-refractivity contribution < 1.29 is 0 Å². The smallest absolute Gasteiger partial charge is 0.0725 e. The molecule has 2 heterocycles. The van der Waals surface area contributed by atoms with Gasteiger partial charge in [0.15, 0.2) is 0 Å². The molecule has 0 radical (unpaired) electrons. The largest absolute Gasteiger partial charge is 0.388 e. The summed E-state index contributed by atoms with van der Waals surface area (Å²) in [4.78, 5) is 7.02. The van der Waals surface area contributed by atoms with Gasteiger partial charge >= 0.3 is 0 Å². The van der Waals surface area contributed by atoms with Crippen LogP contribution in [0.2, 0.25) is 0 Å². The van der Waals surface area contributed by atoms with E-state index in [2.05, 4.69) is 45.6 Å². The molecule has 1 aliphatic rings. The lowest BCUT2D eigenvalue weighted by atomic mass is 10.1. The lowest BCUT2D eigenvalue weighted by Gasteiger charge is -2.33. The molecule has 2 N–H and O–H groups in total. The van der Waals surface area contributed by atoms with Crippen LogP contribution in [0.4, 0.5) is 5.69 Å². The minimum Gasteiger partial charge on any atom is -0.388 e. The van der Waals surface area contributed by atoms with Crippen molar-refractivity contribution in [2.45, 2.75) is 19.5 Å². The summed E-state index contributed by atoms with van der Waals surface area (Å²) in [5, 5.41) is 7.84. The van der Waals surface area contributed by atoms with Crippen molar-refractivity contribution in [3.05, 3.63) is 36.0 Å². The number of piperazine rings is 1. The Morgan fingerprint density at radius 2 is 2.30 bits per heavy atom. The van der Waals surface area contributed by atoms with Crippen molar-refractivity contribution in [1.82, 2.24) is 15.2 Å². The molecule has 0 aliphatic carbocycles. The Morgan fingerprint density at radius 3 is 3.10 bits per heavy atom. The highest BCUT2D eigenvalue weighted by Gasteiger charge is 2.17. The van der Waals surface area contributed by atoms with Gasteiger partial charge in [0.2, 0.25) is 0 Å². The lowest BCUT2D eigenvalue weighted by molar-refractivity contribution is 0.165. The molecule has 0 saturated carbocycles. The van der Waals surface area contributed by atoms with Gasteiger partial charge in [-0.25, -0.2) is 0 Å². The van der Waals surface area contributed by atoms with Crippen LogP contribution in [0.5, 0.6) is 0 Å². The second kappa shape index (κ2) is 5.77. The summed E-state index contributed by atoms with van der Waals surface area (Å²) in [6, 6.07) is 9.22. The third kappa shape index (κ3) is 2.62. The van der Waals surface area contributed by atoms with E-state index in [1.807, 2.05) is 19.3 Å². The van der Waals surface area contributed by atoms with Crippen molar-refractivity contribution in [2.75, 3.05) is 32.0 Å². The predicted molar refractivity (Wildman–Crippen MR) is 84.0 cm³/mol. The fraction of sp³-hybridized carbons (Fsp3) is 0.438. The lowest BCUT2D eigenvalue weighted by Crippen LogP contribution is -2.49. The highest BCUT2D eigenvalue weighted by molar-refractivity contribution is 5.91. The number of hydrogen-bond acceptors (Lipinski definition) is 4. The van der Waals surface area contributed by atoms with E-state index in [4.69, 9.17) is 0 Å². The maximum Gasteiger partial charge on any atom is 0.0725 e. The van der Waals surface area contributed by atoms with Crippen molar-refractivity contribution in [2.24, 2.45) is 0 Å². The fourth-order valence-corrected chi connectivity index (χ4v) is 2.86. The molecular formula is C16H22N4. The summed E-state index contributed by atoms with van der Waals surface area (Å²) in [5.41, 5.74) is 3.54. The van der Waals surface area contributed by atoms with Crippen LogP contribution in [0.25, 0.3) is 10.9 Å². The normalized spacial score (nSPS) is 20.2. The molecular weight excluding hydrogens is 248 g/mol. The molecule has 1 fully saturated rings. The van der Waals surface area contributed by atoms with E-state index in [1.165, 1.54) is 10.9 Å². The Bertz CT molecular complexity index is 596. The fourth-order valence-electron chi connectivity index (χ4n) is 2.86. The molecule has 1 unspecified atom stereocenters. The molecule has 20 heavy (non-hydrogen) atoms. The van der Waals surface area contributed by atoms with Gasteiger partial charge in [0.25, 0.3) is 0 Å². The first-order valence-electron chi connectivity index (χ1n) is 7.28. The Hall–Kier alpha value is -1.65. The van der Waals surface area contributed by atoms with E-state index in [9.17, 15) is 0 Å². The van der Waals surface area contributed by atoms with E-state index >= 15 is 0 Å². The van der Waals surface area contributed by atoms with E-state index in [0.717, 1.165) is 37.4 Å². The zero-order valence-corrected chi connectivity index (χ0v) is 12.2. The first-order chi connectivity index (χ1) is 9.78. The summed E-state index contributed by atoms with van der Waals surface area (Å²) >= 11 is 0. The van der Waals surface area contributed by atoms with Gasteiger partial charge in [0.05, 0.1) is 5.52 Å². The number of anilines is 1. The monoisotopic (exact) mass is 270 g/mol. The second-order valence-electron chi connectivity index (χ2n) is 5.48. The highest BCUT2D eigenvalue weighted by Crippen LogP contribution is 2.23. The topological polar surface area (TPSA) is 40.2 Å². The molecule has 1 atom stereocenters. The SMILES string of the molecule is CNc1ccnc2cc(CN3CCNCC3C)ccc12. The third-order valence-corrected chi connectivity index (χ3v) is 4.10. The predicted octanol–water partition coefficient (Wildman–Crippen LogP) is 2.07. The van der Waals surface area contributed by atoms with Crippen molar-refractivity contribution in [3.8, 4) is 0 Å². The number of aromatic nitrogens is 1. The molecule has 4 nitrogen and oxygen atoms in total. The minimum absolute atomic E-state index is 0.594. The van der Waals surface area contributed by atoms with Gasteiger partial charge in [-0.15, -0.1) is 0 Å². The quantitative estimate of drug-likeness (QED) is 0.896. The van der Waals surface area contributed by atoms with Gasteiger partial charge in [0, 0.05) is 56.5 Å². The molecule has 0 bridgehead atoms. The summed E-state index contributed by atoms with van der Waals surface area (Å²) in [7, 11) is 1.95. The van der Waals surface area contributed by atoms with Crippen molar-refractivity contribution >= 4 is 16.6 Å². The molecule has 106 valence electrons. The Balaban J connectivity index is 1.85. The van der Waals surface area contributed by atoms with Crippen molar-refractivity contribution in [1.29, 1.82) is 0 Å². The van der Waals surface area contributed by atoms with Gasteiger partial charge in [0.1, 0.15) is 0 Å². The Labute approximate surface area is 120 Å². The van der Waals surface area contributed by atoms with Crippen LogP contribution in [0.1, 0.15) is 12.5 Å². The minimum atomic E-state index is 0.594. The first kappa shape index (κ1) is 13.3. The van der Waals surface area contributed by atoms with Crippen LogP contribution in [-0.2, 0) is 6.54 Å². The maximum atomic E-state index is 4.49. The summed E-state index contributed by atoms with van der Waals surface area (Å²) < 4.78 is 0. The first-order valence-corrected chi connectivity index (χ1v) is 7.28. The van der Waals surface area contributed by atoms with Crippen LogP contribution in [0, 0.1) is 0 Å². The average Bonchev–Trinajstić information content (AvgIpc) is 2.49. The Morgan fingerprint density at radius 1 is 1.40 bits per heavy atom. The molecule has 1 saturated heterocycles. The van der Waals surface area contributed by atoms with Crippen LogP contribution in [0.3, 0.4) is 0 Å². The van der Waals surface area contributed by atoms with Gasteiger partial charge in [-0.3, -0.25) is 9.88 Å². The molecule has 1 aliphatic heterocycles. The number of pyridine rings is 1. The number of benzene rings is 1. The number of nitrogens with zero attached hydrogens (tertiary/aromatic N) is 2. The number of nitrogens with one attached hydrogen (secondary N) is 2. The van der Waals surface area contributed by atoms with E-state index < -0.39 is 0 Å². The van der Waals surface area contributed by atoms with Crippen LogP contribution >= 0.6 is 0 Å². The van der Waals surface area contributed by atoms with E-state index in [-0.39, 0.29) is 0 Å². The third-order valence-electron chi connectivity index (χ3n) is 4.10. The average molecular weight is 270 g/mol. The summed E-state index contributed by atoms with van der Waals surface area (Å²) in [5.74, 6) is 0. The molecule has 4 heteroatoms. The molecule has 1 aromatic carbocycles. The summed E-state index contributed by atoms with van der Waals surface area (Å²) in [6.07, 6.45) is 1.87. The van der Waals surface area contributed by atoms with Crippen LogP contribution < -0.4 is 10.6 Å². The standard InChI is InChI=1S/C16H22N4/c1-12-10-18-7-8-20(12)11-13-3-4-14-15(17-2)5-6-19-16(14)9-13/h3-6,9,12,18H,7-8,10-11H2,1-2H3,(H,17,19). The van der Waals surface area contributed by atoms with Gasteiger partial charge in [-0.1, -0.05) is 12.1 Å². The second-order valence-corrected chi connectivity index (χ2v) is 5.48. The molecule has 0 amide bonds. The maximum absolute atomic E-state index is 4.49. The number of rotatable bonds is 3. The van der Waals surface area contributed by atoms with E-state index in [1.54, 1.807) is 0 Å².